The summed E-state index contributed by atoms with van der Waals surface area (Å²) in [6, 6.07) is 18.2. The Labute approximate surface area is 234 Å². The van der Waals surface area contributed by atoms with E-state index in [1.165, 1.54) is 11.3 Å². The topological polar surface area (TPSA) is 93.0 Å². The molecule has 2 aliphatic rings. The molecule has 0 spiro atoms. The second-order valence-electron chi connectivity index (χ2n) is 9.66. The Kier molecular flexibility index (Phi) is 6.38. The SMILES string of the molecule is CCN(CC)C(=O)C1=C(C)N=c2s/c(=C3\C(=O)Nc4ccccc43)c(=O)n2C1c1c(OC)ccc2ccccc12. The molecule has 0 fully saturated rings. The van der Waals surface area contributed by atoms with Gasteiger partial charge in [0.25, 0.3) is 17.4 Å². The van der Waals surface area contributed by atoms with Gasteiger partial charge in [0.15, 0.2) is 4.80 Å². The van der Waals surface area contributed by atoms with Crippen molar-refractivity contribution >= 4 is 45.2 Å². The highest BCUT2D eigenvalue weighted by atomic mass is 32.1. The number of methoxy groups -OCH3 is 1. The van der Waals surface area contributed by atoms with E-state index in [1.54, 1.807) is 23.5 Å². The van der Waals surface area contributed by atoms with Crippen molar-refractivity contribution in [2.45, 2.75) is 26.8 Å². The number of anilines is 1. The predicted molar refractivity (Wildman–Crippen MR) is 156 cm³/mol. The molecular weight excluding hydrogens is 524 g/mol. The number of thiazole rings is 1. The lowest BCUT2D eigenvalue weighted by Crippen LogP contribution is -2.43. The fraction of sp³-hybridized carbons (Fsp3) is 0.226. The van der Waals surface area contributed by atoms with Crippen LogP contribution in [-0.4, -0.2) is 41.5 Å². The molecule has 0 saturated carbocycles. The van der Waals surface area contributed by atoms with Crippen molar-refractivity contribution < 1.29 is 14.3 Å². The van der Waals surface area contributed by atoms with Crippen LogP contribution in [0.15, 0.2) is 81.7 Å². The van der Waals surface area contributed by atoms with E-state index in [1.807, 2.05) is 74.5 Å². The lowest BCUT2D eigenvalue weighted by molar-refractivity contribution is -0.127. The molecule has 4 aromatic rings. The number of amides is 2. The predicted octanol–water partition coefficient (Wildman–Crippen LogP) is 3.59. The van der Waals surface area contributed by atoms with E-state index in [9.17, 15) is 14.4 Å². The molecule has 0 saturated heterocycles. The first-order valence-electron chi connectivity index (χ1n) is 13.2. The van der Waals surface area contributed by atoms with Gasteiger partial charge in [0.1, 0.15) is 16.3 Å². The van der Waals surface area contributed by atoms with Gasteiger partial charge in [-0.05, 0) is 43.7 Å². The van der Waals surface area contributed by atoms with Gasteiger partial charge in [0.2, 0.25) is 0 Å². The molecular formula is C31H28N4O4S. The number of hydrogen-bond donors (Lipinski definition) is 1. The number of para-hydroxylation sites is 1. The molecule has 6 rings (SSSR count). The summed E-state index contributed by atoms with van der Waals surface area (Å²) in [7, 11) is 1.58. The van der Waals surface area contributed by atoms with Crippen molar-refractivity contribution in [3.05, 3.63) is 103 Å². The van der Waals surface area contributed by atoms with E-state index in [2.05, 4.69) is 5.32 Å². The molecule has 8 nitrogen and oxygen atoms in total. The van der Waals surface area contributed by atoms with Crippen LogP contribution in [0.3, 0.4) is 0 Å². The molecule has 2 amide bonds. The molecule has 40 heavy (non-hydrogen) atoms. The quantitative estimate of drug-likeness (QED) is 0.410. The maximum Gasteiger partial charge on any atom is 0.271 e. The average Bonchev–Trinajstić information content (AvgIpc) is 3.46. The fourth-order valence-corrected chi connectivity index (χ4v) is 6.82. The van der Waals surface area contributed by atoms with Gasteiger partial charge < -0.3 is 15.0 Å². The van der Waals surface area contributed by atoms with Crippen LogP contribution in [0.1, 0.15) is 37.9 Å². The second kappa shape index (κ2) is 9.91. The van der Waals surface area contributed by atoms with Crippen LogP contribution in [0.4, 0.5) is 5.69 Å². The molecule has 0 bridgehead atoms. The number of carbonyl (C=O) groups is 2. The minimum atomic E-state index is -0.806. The van der Waals surface area contributed by atoms with Gasteiger partial charge >= 0.3 is 0 Å². The molecule has 1 aromatic heterocycles. The molecule has 3 heterocycles. The highest BCUT2D eigenvalue weighted by molar-refractivity contribution is 7.07. The number of likely N-dealkylation sites (N-methyl/N-ethyl adjacent to an activating group) is 1. The number of hydrogen-bond acceptors (Lipinski definition) is 6. The van der Waals surface area contributed by atoms with Crippen LogP contribution in [0.2, 0.25) is 0 Å². The Bertz CT molecular complexity index is 1930. The smallest absolute Gasteiger partial charge is 0.271 e. The zero-order valence-corrected chi connectivity index (χ0v) is 23.5. The minimum Gasteiger partial charge on any atom is -0.496 e. The van der Waals surface area contributed by atoms with Crippen molar-refractivity contribution in [3.8, 4) is 5.75 Å². The van der Waals surface area contributed by atoms with Crippen molar-refractivity contribution in [2.75, 3.05) is 25.5 Å². The van der Waals surface area contributed by atoms with E-state index in [4.69, 9.17) is 9.73 Å². The molecule has 1 unspecified atom stereocenters. The van der Waals surface area contributed by atoms with E-state index in [0.717, 1.165) is 10.8 Å². The summed E-state index contributed by atoms with van der Waals surface area (Å²) in [6.07, 6.45) is 0. The Balaban J connectivity index is 1.73. The number of fused-ring (bicyclic) bond motifs is 3. The zero-order chi connectivity index (χ0) is 28.1. The van der Waals surface area contributed by atoms with Gasteiger partial charge in [-0.25, -0.2) is 4.99 Å². The maximum absolute atomic E-state index is 14.4. The Morgan fingerprint density at radius 3 is 2.52 bits per heavy atom. The van der Waals surface area contributed by atoms with Gasteiger partial charge in [-0.1, -0.05) is 59.9 Å². The molecule has 0 aliphatic carbocycles. The summed E-state index contributed by atoms with van der Waals surface area (Å²) < 4.78 is 7.70. The Hall–Kier alpha value is -4.50. The normalized spacial score (nSPS) is 17.3. The summed E-state index contributed by atoms with van der Waals surface area (Å²) in [5.41, 5.74) is 2.94. The lowest BCUT2D eigenvalue weighted by Gasteiger charge is -2.30. The third-order valence-corrected chi connectivity index (χ3v) is 8.65. The van der Waals surface area contributed by atoms with E-state index >= 15 is 0 Å². The first-order valence-corrected chi connectivity index (χ1v) is 14.0. The summed E-state index contributed by atoms with van der Waals surface area (Å²) >= 11 is 1.17. The lowest BCUT2D eigenvalue weighted by atomic mass is 9.90. The largest absolute Gasteiger partial charge is 0.496 e. The number of ether oxygens (including phenoxy) is 1. The zero-order valence-electron chi connectivity index (χ0n) is 22.6. The van der Waals surface area contributed by atoms with Crippen LogP contribution < -0.4 is 24.9 Å². The first kappa shape index (κ1) is 25.8. The van der Waals surface area contributed by atoms with Crippen LogP contribution in [0.25, 0.3) is 16.3 Å². The highest BCUT2D eigenvalue weighted by Gasteiger charge is 2.37. The summed E-state index contributed by atoms with van der Waals surface area (Å²) in [4.78, 5) is 48.5. The highest BCUT2D eigenvalue weighted by Crippen LogP contribution is 2.40. The van der Waals surface area contributed by atoms with Crippen molar-refractivity contribution in [2.24, 2.45) is 4.99 Å². The number of nitrogens with one attached hydrogen (secondary N) is 1. The van der Waals surface area contributed by atoms with Gasteiger partial charge in [-0.2, -0.15) is 0 Å². The standard InChI is InChI=1S/C31H28N4O4S/c1-5-34(6-2)29(37)23-17(3)32-31-35(26(23)24-19-12-8-7-11-18(19)15-16-22(24)39-4)30(38)27(40-31)25-20-13-9-10-14-21(20)33-28(25)36/h7-16,26H,5-6H2,1-4H3,(H,33,36)/b27-25-. The number of aromatic nitrogens is 1. The fourth-order valence-electron chi connectivity index (χ4n) is 5.68. The monoisotopic (exact) mass is 552 g/mol. The van der Waals surface area contributed by atoms with Crippen LogP contribution in [0, 0.1) is 0 Å². The number of carbonyl (C=O) groups excluding carboxylic acids is 2. The number of benzene rings is 3. The second-order valence-corrected chi connectivity index (χ2v) is 10.6. The Morgan fingerprint density at radius 1 is 1.05 bits per heavy atom. The summed E-state index contributed by atoms with van der Waals surface area (Å²) in [5.74, 6) is 0.0412. The van der Waals surface area contributed by atoms with Crippen molar-refractivity contribution in [1.82, 2.24) is 9.47 Å². The van der Waals surface area contributed by atoms with Gasteiger partial charge in [0, 0.05) is 29.9 Å². The van der Waals surface area contributed by atoms with Crippen LogP contribution in [-0.2, 0) is 9.59 Å². The van der Waals surface area contributed by atoms with E-state index < -0.39 is 6.04 Å². The molecule has 2 aliphatic heterocycles. The maximum atomic E-state index is 14.4. The van der Waals surface area contributed by atoms with Gasteiger partial charge in [-0.15, -0.1) is 0 Å². The first-order chi connectivity index (χ1) is 19.4. The Morgan fingerprint density at radius 2 is 1.77 bits per heavy atom. The van der Waals surface area contributed by atoms with Crippen molar-refractivity contribution in [3.63, 3.8) is 0 Å². The molecule has 3 aromatic carbocycles. The molecule has 1 N–H and O–H groups in total. The van der Waals surface area contributed by atoms with Gasteiger partial charge in [0.05, 0.1) is 24.0 Å². The van der Waals surface area contributed by atoms with Gasteiger partial charge in [-0.3, -0.25) is 19.0 Å². The third-order valence-electron chi connectivity index (χ3n) is 7.60. The summed E-state index contributed by atoms with van der Waals surface area (Å²) in [6.45, 7) is 6.68. The molecule has 1 atom stereocenters. The number of allylic oxidation sites excluding steroid dienone is 1. The van der Waals surface area contributed by atoms with Crippen LogP contribution in [0.5, 0.6) is 5.75 Å². The average molecular weight is 553 g/mol. The van der Waals surface area contributed by atoms with Crippen LogP contribution >= 0.6 is 11.3 Å². The van der Waals surface area contributed by atoms with E-state index in [-0.39, 0.29) is 21.9 Å². The molecule has 202 valence electrons. The minimum absolute atomic E-state index is 0.187. The molecule has 9 heteroatoms. The number of rotatable bonds is 5. The molecule has 0 radical (unpaired) electrons. The van der Waals surface area contributed by atoms with E-state index in [0.29, 0.717) is 57.3 Å². The van der Waals surface area contributed by atoms with Crippen molar-refractivity contribution in [1.29, 1.82) is 0 Å². The number of nitrogens with zero attached hydrogens (tertiary/aromatic N) is 3. The third kappa shape index (κ3) is 3.80. The summed E-state index contributed by atoms with van der Waals surface area (Å²) in [5, 5.41) is 4.69.